The number of carbonyl (C=O) groups excluding carboxylic acids is 2. The van der Waals surface area contributed by atoms with E-state index in [1.54, 1.807) is 4.90 Å². The summed E-state index contributed by atoms with van der Waals surface area (Å²) in [6.45, 7) is 1.09. The van der Waals surface area contributed by atoms with Gasteiger partial charge in [0.15, 0.2) is 0 Å². The zero-order valence-corrected chi connectivity index (χ0v) is 14.1. The smallest absolute Gasteiger partial charge is 0.269 e. The summed E-state index contributed by atoms with van der Waals surface area (Å²) < 4.78 is 0. The Morgan fingerprint density at radius 1 is 1.15 bits per heavy atom. The van der Waals surface area contributed by atoms with Crippen LogP contribution in [0.4, 0.5) is 5.69 Å². The Balaban J connectivity index is 1.77. The van der Waals surface area contributed by atoms with Gasteiger partial charge in [-0.15, -0.1) is 0 Å². The second kappa shape index (κ2) is 7.77. The van der Waals surface area contributed by atoms with Gasteiger partial charge in [-0.2, -0.15) is 0 Å². The van der Waals surface area contributed by atoms with Gasteiger partial charge in [0.25, 0.3) is 11.6 Å². The molecule has 0 radical (unpaired) electrons. The highest BCUT2D eigenvalue weighted by molar-refractivity contribution is 5.94. The van der Waals surface area contributed by atoms with Gasteiger partial charge in [-0.3, -0.25) is 19.7 Å². The number of hydrogen-bond acceptors (Lipinski definition) is 4. The largest absolute Gasteiger partial charge is 0.343 e. The van der Waals surface area contributed by atoms with E-state index in [-0.39, 0.29) is 23.5 Å². The van der Waals surface area contributed by atoms with Crippen LogP contribution in [0.3, 0.4) is 0 Å². The van der Waals surface area contributed by atoms with Crippen molar-refractivity contribution in [2.45, 2.75) is 18.9 Å². The quantitative estimate of drug-likeness (QED) is 0.638. The summed E-state index contributed by atoms with van der Waals surface area (Å²) in [7, 11) is 0. The van der Waals surface area contributed by atoms with Crippen LogP contribution in [0.5, 0.6) is 0 Å². The first-order valence-corrected chi connectivity index (χ1v) is 8.42. The predicted octanol–water partition coefficient (Wildman–Crippen LogP) is 2.69. The molecule has 26 heavy (non-hydrogen) atoms. The minimum atomic E-state index is -0.507. The van der Waals surface area contributed by atoms with Gasteiger partial charge in [0.1, 0.15) is 0 Å². The molecular formula is C19H19N3O4. The first-order valence-electron chi connectivity index (χ1n) is 8.42. The number of likely N-dealkylation sites (tertiary alicyclic amines) is 1. The van der Waals surface area contributed by atoms with E-state index < -0.39 is 4.92 Å². The first kappa shape index (κ1) is 17.6. The number of amides is 2. The molecule has 0 aromatic heterocycles. The minimum absolute atomic E-state index is 0.0659. The second-order valence-electron chi connectivity index (χ2n) is 6.18. The number of nitro benzene ring substituents is 1. The van der Waals surface area contributed by atoms with E-state index >= 15 is 0 Å². The van der Waals surface area contributed by atoms with E-state index in [0.29, 0.717) is 25.1 Å². The molecule has 7 heteroatoms. The first-order chi connectivity index (χ1) is 12.5. The highest BCUT2D eigenvalue weighted by Crippen LogP contribution is 2.20. The summed E-state index contributed by atoms with van der Waals surface area (Å²) >= 11 is 0. The zero-order chi connectivity index (χ0) is 18.5. The number of nitrogens with one attached hydrogen (secondary N) is 1. The molecule has 1 aliphatic rings. The number of hydrogen-bond donors (Lipinski definition) is 1. The third kappa shape index (κ3) is 4.05. The summed E-state index contributed by atoms with van der Waals surface area (Å²) in [6.07, 6.45) is 1.37. The zero-order valence-electron chi connectivity index (χ0n) is 14.1. The fraction of sp³-hybridized carbons (Fsp3) is 0.263. The Morgan fingerprint density at radius 3 is 2.42 bits per heavy atom. The van der Waals surface area contributed by atoms with Crippen molar-refractivity contribution in [3.8, 4) is 0 Å². The molecule has 0 bridgehead atoms. The normalized spacial score (nSPS) is 14.9. The number of non-ortho nitro benzene ring substituents is 1. The van der Waals surface area contributed by atoms with Crippen LogP contribution in [0.1, 0.15) is 34.8 Å². The molecule has 7 nitrogen and oxygen atoms in total. The van der Waals surface area contributed by atoms with Crippen molar-refractivity contribution in [1.82, 2.24) is 10.2 Å². The van der Waals surface area contributed by atoms with Crippen molar-refractivity contribution < 1.29 is 14.5 Å². The lowest BCUT2D eigenvalue weighted by molar-refractivity contribution is -0.384. The van der Waals surface area contributed by atoms with Crippen molar-refractivity contribution in [2.24, 2.45) is 0 Å². The van der Waals surface area contributed by atoms with Gasteiger partial charge in [-0.05, 0) is 24.1 Å². The van der Waals surface area contributed by atoms with Crippen LogP contribution in [0, 0.1) is 10.1 Å². The van der Waals surface area contributed by atoms with Crippen LogP contribution in [0.2, 0.25) is 0 Å². The van der Waals surface area contributed by atoms with E-state index in [4.69, 9.17) is 0 Å². The topological polar surface area (TPSA) is 92.6 Å². The summed E-state index contributed by atoms with van der Waals surface area (Å²) in [5.74, 6) is -0.240. The average Bonchev–Trinajstić information content (AvgIpc) is 3.06. The van der Waals surface area contributed by atoms with Gasteiger partial charge in [-0.25, -0.2) is 0 Å². The number of nitro groups is 1. The molecule has 0 saturated carbocycles. The Labute approximate surface area is 150 Å². The SMILES string of the molecule is O=C(N[C@@H](CN1CCCC1=O)c1ccccc1)c1ccc([N+](=O)[O-])cc1. The fourth-order valence-corrected chi connectivity index (χ4v) is 3.01. The van der Waals surface area contributed by atoms with Crippen LogP contribution in [0.25, 0.3) is 0 Å². The Bertz CT molecular complexity index is 805. The van der Waals surface area contributed by atoms with Crippen molar-refractivity contribution in [3.05, 3.63) is 75.8 Å². The fourth-order valence-electron chi connectivity index (χ4n) is 3.01. The van der Waals surface area contributed by atoms with Crippen molar-refractivity contribution in [2.75, 3.05) is 13.1 Å². The molecule has 1 fully saturated rings. The van der Waals surface area contributed by atoms with E-state index in [1.807, 2.05) is 30.3 Å². The Hall–Kier alpha value is -3.22. The molecule has 0 unspecified atom stereocenters. The lowest BCUT2D eigenvalue weighted by atomic mass is 10.1. The number of benzene rings is 2. The lowest BCUT2D eigenvalue weighted by Crippen LogP contribution is -2.38. The third-order valence-electron chi connectivity index (χ3n) is 4.42. The van der Waals surface area contributed by atoms with Crippen molar-refractivity contribution >= 4 is 17.5 Å². The molecule has 1 aliphatic heterocycles. The van der Waals surface area contributed by atoms with Crippen LogP contribution >= 0.6 is 0 Å². The Morgan fingerprint density at radius 2 is 1.85 bits per heavy atom. The van der Waals surface area contributed by atoms with Crippen LogP contribution in [-0.4, -0.2) is 34.7 Å². The molecule has 134 valence electrons. The van der Waals surface area contributed by atoms with Crippen molar-refractivity contribution in [1.29, 1.82) is 0 Å². The maximum absolute atomic E-state index is 12.6. The van der Waals surface area contributed by atoms with Crippen LogP contribution in [0.15, 0.2) is 54.6 Å². The lowest BCUT2D eigenvalue weighted by Gasteiger charge is -2.25. The van der Waals surface area contributed by atoms with E-state index in [2.05, 4.69) is 5.32 Å². The van der Waals surface area contributed by atoms with E-state index in [0.717, 1.165) is 12.0 Å². The van der Waals surface area contributed by atoms with Gasteiger partial charge < -0.3 is 10.2 Å². The maximum atomic E-state index is 12.6. The van der Waals surface area contributed by atoms with Gasteiger partial charge in [0, 0.05) is 37.2 Å². The van der Waals surface area contributed by atoms with Crippen LogP contribution in [-0.2, 0) is 4.79 Å². The molecule has 2 amide bonds. The molecule has 1 saturated heterocycles. The van der Waals surface area contributed by atoms with Gasteiger partial charge in [-0.1, -0.05) is 30.3 Å². The Kier molecular flexibility index (Phi) is 5.26. The molecule has 1 N–H and O–H groups in total. The summed E-state index contributed by atoms with van der Waals surface area (Å²) in [4.78, 5) is 36.5. The average molecular weight is 353 g/mol. The van der Waals surface area contributed by atoms with E-state index in [9.17, 15) is 19.7 Å². The molecule has 0 spiro atoms. The van der Waals surface area contributed by atoms with Crippen molar-refractivity contribution in [3.63, 3.8) is 0 Å². The molecule has 0 aliphatic carbocycles. The molecule has 3 rings (SSSR count). The monoisotopic (exact) mass is 353 g/mol. The summed E-state index contributed by atoms with van der Waals surface area (Å²) in [6, 6.07) is 14.6. The third-order valence-corrected chi connectivity index (χ3v) is 4.42. The van der Waals surface area contributed by atoms with Gasteiger partial charge in [0.05, 0.1) is 11.0 Å². The summed E-state index contributed by atoms with van der Waals surface area (Å²) in [5, 5.41) is 13.7. The number of carbonyl (C=O) groups is 2. The van der Waals surface area contributed by atoms with Crippen LogP contribution < -0.4 is 5.32 Å². The molecular weight excluding hydrogens is 334 g/mol. The van der Waals surface area contributed by atoms with Gasteiger partial charge >= 0.3 is 0 Å². The number of rotatable bonds is 6. The molecule has 2 aromatic rings. The predicted molar refractivity (Wildman–Crippen MR) is 95.6 cm³/mol. The highest BCUT2D eigenvalue weighted by atomic mass is 16.6. The van der Waals surface area contributed by atoms with Gasteiger partial charge in [0.2, 0.25) is 5.91 Å². The molecule has 2 aromatic carbocycles. The highest BCUT2D eigenvalue weighted by Gasteiger charge is 2.25. The molecule has 1 heterocycles. The minimum Gasteiger partial charge on any atom is -0.343 e. The second-order valence-corrected chi connectivity index (χ2v) is 6.18. The maximum Gasteiger partial charge on any atom is 0.269 e. The molecule has 1 atom stereocenters. The van der Waals surface area contributed by atoms with E-state index in [1.165, 1.54) is 24.3 Å². The number of nitrogens with zero attached hydrogens (tertiary/aromatic N) is 2. The standard InChI is InChI=1S/C19H19N3O4/c23-18-7-4-12-21(18)13-17(14-5-2-1-3-6-14)20-19(24)15-8-10-16(11-9-15)22(25)26/h1-3,5-6,8-11,17H,4,7,12-13H2,(H,20,24)/t17-/m0/s1. The summed E-state index contributed by atoms with van der Waals surface area (Å²) in [5.41, 5.74) is 1.18.